The minimum atomic E-state index is -0.832. The van der Waals surface area contributed by atoms with Crippen molar-refractivity contribution in [3.63, 3.8) is 0 Å². The molecule has 7 nitrogen and oxygen atoms in total. The zero-order chi connectivity index (χ0) is 20.2. The van der Waals surface area contributed by atoms with E-state index in [1.54, 1.807) is 24.3 Å². The second-order valence-electron chi connectivity index (χ2n) is 7.20. The monoisotopic (exact) mass is 398 g/mol. The molecule has 4 aromatic rings. The van der Waals surface area contributed by atoms with Gasteiger partial charge in [0.15, 0.2) is 17.5 Å². The molecule has 4 N–H and O–H groups in total. The molecule has 2 aromatic carbocycles. The lowest BCUT2D eigenvalue weighted by atomic mass is 9.75. The van der Waals surface area contributed by atoms with Crippen LogP contribution in [0.2, 0.25) is 0 Å². The Morgan fingerprint density at radius 1 is 1.21 bits per heavy atom. The number of benzene rings is 2. The van der Waals surface area contributed by atoms with E-state index in [-0.39, 0.29) is 28.0 Å². The molecule has 1 aliphatic carbocycles. The number of hydrogen-bond acceptors (Lipinski definition) is 5. The lowest BCUT2D eigenvalue weighted by Gasteiger charge is -2.37. The van der Waals surface area contributed by atoms with E-state index in [2.05, 4.69) is 25.0 Å². The highest BCUT2D eigenvalue weighted by molar-refractivity contribution is 5.97. The van der Waals surface area contributed by atoms with Gasteiger partial charge in [-0.2, -0.15) is 0 Å². The molecule has 9 heteroatoms. The number of nitrogens with one attached hydrogen (secondary N) is 3. The number of halogens is 2. The van der Waals surface area contributed by atoms with Gasteiger partial charge in [-0.1, -0.05) is 17.3 Å². The molecule has 2 aromatic heterocycles. The number of aliphatic hydroxyl groups is 1. The average molecular weight is 398 g/mol. The van der Waals surface area contributed by atoms with Gasteiger partial charge in [-0.05, 0) is 37.0 Å². The first-order chi connectivity index (χ1) is 13.9. The molecular weight excluding hydrogens is 382 g/mol. The number of nitrogens with zero attached hydrogens (tertiary/aromatic N) is 1. The maximum absolute atomic E-state index is 15.2. The summed E-state index contributed by atoms with van der Waals surface area (Å²) < 4.78 is 34.3. The number of rotatable bonds is 4. The fourth-order valence-electron chi connectivity index (χ4n) is 3.67. The van der Waals surface area contributed by atoms with Gasteiger partial charge in [-0.3, -0.25) is 9.51 Å². The highest BCUT2D eigenvalue weighted by Gasteiger charge is 2.35. The molecule has 0 saturated heterocycles. The highest BCUT2D eigenvalue weighted by Crippen LogP contribution is 2.41. The van der Waals surface area contributed by atoms with E-state index in [9.17, 15) is 14.3 Å². The Balaban J connectivity index is 1.54. The summed E-state index contributed by atoms with van der Waals surface area (Å²) in [7, 11) is 0. The van der Waals surface area contributed by atoms with E-state index >= 15 is 4.39 Å². The molecule has 2 heterocycles. The lowest BCUT2D eigenvalue weighted by molar-refractivity contribution is -0.0387. The molecule has 0 spiro atoms. The Morgan fingerprint density at radius 2 is 1.97 bits per heavy atom. The summed E-state index contributed by atoms with van der Waals surface area (Å²) in [6, 6.07) is 7.99. The topological polar surface area (TPSA) is 107 Å². The van der Waals surface area contributed by atoms with Gasteiger partial charge in [0.2, 0.25) is 0 Å². The maximum atomic E-state index is 15.2. The van der Waals surface area contributed by atoms with E-state index in [1.807, 2.05) is 0 Å². The minimum absolute atomic E-state index is 0.0378. The Morgan fingerprint density at radius 3 is 2.59 bits per heavy atom. The van der Waals surface area contributed by atoms with Crippen molar-refractivity contribution in [3.05, 3.63) is 64.3 Å². The van der Waals surface area contributed by atoms with E-state index in [1.165, 1.54) is 6.20 Å². The van der Waals surface area contributed by atoms with Crippen LogP contribution in [0.15, 0.2) is 45.8 Å². The molecule has 0 unspecified atom stereocenters. The number of hydrogen-bond donors (Lipinski definition) is 4. The zero-order valence-corrected chi connectivity index (χ0v) is 15.1. The molecule has 1 fully saturated rings. The van der Waals surface area contributed by atoms with E-state index in [0.29, 0.717) is 18.5 Å². The van der Waals surface area contributed by atoms with Crippen LogP contribution in [0.4, 0.5) is 20.2 Å². The molecule has 29 heavy (non-hydrogen) atoms. The molecule has 0 aliphatic heterocycles. The Hall–Kier alpha value is -3.46. The fourth-order valence-corrected chi connectivity index (χ4v) is 3.67. The van der Waals surface area contributed by atoms with Gasteiger partial charge in [0.05, 0.1) is 11.1 Å². The van der Waals surface area contributed by atoms with Crippen molar-refractivity contribution >= 4 is 22.3 Å². The van der Waals surface area contributed by atoms with Crippen molar-refractivity contribution in [2.75, 3.05) is 5.32 Å². The predicted molar refractivity (Wildman–Crippen MR) is 102 cm³/mol. The van der Waals surface area contributed by atoms with Gasteiger partial charge in [-0.25, -0.2) is 13.6 Å². The van der Waals surface area contributed by atoms with Crippen LogP contribution in [0, 0.1) is 11.6 Å². The average Bonchev–Trinajstić information content (AvgIpc) is 3.29. The van der Waals surface area contributed by atoms with Crippen molar-refractivity contribution in [2.24, 2.45) is 0 Å². The normalized spacial score (nSPS) is 15.4. The molecule has 0 bridgehead atoms. The summed E-state index contributed by atoms with van der Waals surface area (Å²) in [4.78, 5) is 16.3. The quantitative estimate of drug-likeness (QED) is 0.417. The van der Waals surface area contributed by atoms with E-state index in [4.69, 9.17) is 0 Å². The van der Waals surface area contributed by atoms with E-state index < -0.39 is 23.0 Å². The fraction of sp³-hybridized carbons (Fsp3) is 0.200. The summed E-state index contributed by atoms with van der Waals surface area (Å²) in [5.74, 6) is -2.35. The minimum Gasteiger partial charge on any atom is -0.385 e. The highest BCUT2D eigenvalue weighted by atomic mass is 19.1. The third-order valence-corrected chi connectivity index (χ3v) is 5.43. The van der Waals surface area contributed by atoms with Crippen LogP contribution in [-0.4, -0.2) is 20.2 Å². The number of aromatic nitrogens is 3. The smallest absolute Gasteiger partial charge is 0.385 e. The van der Waals surface area contributed by atoms with Crippen molar-refractivity contribution in [2.45, 2.75) is 24.9 Å². The van der Waals surface area contributed by atoms with Gasteiger partial charge >= 0.3 is 5.76 Å². The first-order valence-corrected chi connectivity index (χ1v) is 9.10. The first kappa shape index (κ1) is 17.6. The molecule has 0 amide bonds. The van der Waals surface area contributed by atoms with Crippen LogP contribution in [-0.2, 0) is 5.60 Å². The molecule has 5 rings (SSSR count). The predicted octanol–water partition coefficient (Wildman–Crippen LogP) is 3.90. The van der Waals surface area contributed by atoms with Crippen molar-refractivity contribution in [1.29, 1.82) is 0 Å². The van der Waals surface area contributed by atoms with Crippen LogP contribution in [0.25, 0.3) is 22.3 Å². The Labute approximate surface area is 162 Å². The maximum Gasteiger partial charge on any atom is 0.439 e. The number of anilines is 2. The summed E-state index contributed by atoms with van der Waals surface area (Å²) in [6.07, 6.45) is 3.81. The molecule has 148 valence electrons. The largest absolute Gasteiger partial charge is 0.439 e. The summed E-state index contributed by atoms with van der Waals surface area (Å²) in [5.41, 5.74) is 0.581. The number of fused-ring (bicyclic) bond motifs is 1. The molecule has 0 radical (unpaired) electrons. The number of H-pyrrole nitrogens is 2. The second kappa shape index (κ2) is 6.28. The number of aromatic amines is 2. The van der Waals surface area contributed by atoms with Gasteiger partial charge in [0.1, 0.15) is 5.69 Å². The van der Waals surface area contributed by atoms with Gasteiger partial charge in [0.25, 0.3) is 0 Å². The summed E-state index contributed by atoms with van der Waals surface area (Å²) >= 11 is 0. The van der Waals surface area contributed by atoms with Gasteiger partial charge in [-0.15, -0.1) is 0 Å². The zero-order valence-electron chi connectivity index (χ0n) is 15.1. The summed E-state index contributed by atoms with van der Waals surface area (Å²) in [6.45, 7) is 0. The Bertz CT molecular complexity index is 1270. The van der Waals surface area contributed by atoms with Crippen LogP contribution in [0.5, 0.6) is 0 Å². The summed E-state index contributed by atoms with van der Waals surface area (Å²) in [5, 5.41) is 16.8. The second-order valence-corrected chi connectivity index (χ2v) is 7.20. The van der Waals surface area contributed by atoms with Crippen molar-refractivity contribution < 1.29 is 18.4 Å². The molecular formula is C20H16F2N4O3. The van der Waals surface area contributed by atoms with Crippen molar-refractivity contribution in [3.8, 4) is 11.4 Å². The van der Waals surface area contributed by atoms with Gasteiger partial charge < -0.3 is 15.4 Å². The molecule has 0 atom stereocenters. The van der Waals surface area contributed by atoms with Crippen molar-refractivity contribution in [1.82, 2.24) is 15.1 Å². The van der Waals surface area contributed by atoms with Crippen LogP contribution in [0.1, 0.15) is 24.8 Å². The SMILES string of the molecule is O=c1[nH]c(-c2c[nH]c3cc(F)c(Nc4ccc(C5(O)CCC5)cc4)c(F)c23)no1. The van der Waals surface area contributed by atoms with Gasteiger partial charge in [0, 0.05) is 28.9 Å². The standard InChI is InChI=1S/C20H16F2N4O3/c21-13-8-14-15(12(9-23-14)18-25-19(27)29-26-18)16(22)17(13)24-11-4-2-10(3-5-11)20(28)6-1-7-20/h2-5,8-9,23-24,28H,1,6-7H2,(H,25,26,27). The third-order valence-electron chi connectivity index (χ3n) is 5.43. The Kier molecular flexibility index (Phi) is 3.82. The lowest BCUT2D eigenvalue weighted by Crippen LogP contribution is -2.33. The molecule has 1 saturated carbocycles. The molecule has 1 aliphatic rings. The van der Waals surface area contributed by atoms with Crippen LogP contribution in [0.3, 0.4) is 0 Å². The van der Waals surface area contributed by atoms with Crippen LogP contribution < -0.4 is 11.1 Å². The third kappa shape index (κ3) is 2.82. The first-order valence-electron chi connectivity index (χ1n) is 9.10. The van der Waals surface area contributed by atoms with E-state index in [0.717, 1.165) is 18.1 Å². The van der Waals surface area contributed by atoms with Crippen LogP contribution >= 0.6 is 0 Å².